The van der Waals surface area contributed by atoms with Crippen LogP contribution in [0.25, 0.3) is 0 Å². The average molecular weight is 382 g/mol. The number of amides is 2. The van der Waals surface area contributed by atoms with Gasteiger partial charge in [-0.25, -0.2) is 0 Å². The van der Waals surface area contributed by atoms with E-state index in [1.807, 2.05) is 40.1 Å². The van der Waals surface area contributed by atoms with Crippen LogP contribution in [0.15, 0.2) is 30.3 Å². The topological polar surface area (TPSA) is 66.6 Å². The van der Waals surface area contributed by atoms with E-state index in [0.29, 0.717) is 32.6 Å². The van der Waals surface area contributed by atoms with Crippen LogP contribution in [0.2, 0.25) is 0 Å². The molecule has 146 valence electrons. The summed E-state index contributed by atoms with van der Waals surface area (Å²) in [4.78, 5) is 29.2. The van der Waals surface area contributed by atoms with Crippen LogP contribution in [-0.4, -0.2) is 47.3 Å². The number of nitrogens with two attached hydrogens (primary N) is 1. The lowest BCUT2D eigenvalue weighted by molar-refractivity contribution is -0.136. The monoisotopic (exact) mass is 381 g/mol. The third kappa shape index (κ3) is 5.71. The summed E-state index contributed by atoms with van der Waals surface area (Å²) in [7, 11) is 0. The van der Waals surface area contributed by atoms with Gasteiger partial charge in [0.05, 0.1) is 5.92 Å². The lowest BCUT2D eigenvalue weighted by atomic mass is 10.1. The van der Waals surface area contributed by atoms with Crippen molar-refractivity contribution in [2.75, 3.05) is 19.6 Å². The highest BCUT2D eigenvalue weighted by Gasteiger charge is 2.38. The van der Waals surface area contributed by atoms with E-state index in [-0.39, 0.29) is 36.2 Å². The van der Waals surface area contributed by atoms with E-state index in [1.165, 1.54) is 0 Å². The number of halogens is 1. The average Bonchev–Trinajstić information content (AvgIpc) is 3.02. The number of hydrogen-bond acceptors (Lipinski definition) is 3. The maximum Gasteiger partial charge on any atom is 0.228 e. The summed E-state index contributed by atoms with van der Waals surface area (Å²) in [6.45, 7) is 6.52. The van der Waals surface area contributed by atoms with Gasteiger partial charge in [-0.1, -0.05) is 44.2 Å². The van der Waals surface area contributed by atoms with Crippen molar-refractivity contribution in [2.45, 2.75) is 52.1 Å². The van der Waals surface area contributed by atoms with Crippen molar-refractivity contribution in [3.05, 3.63) is 35.9 Å². The zero-order valence-electron chi connectivity index (χ0n) is 15.9. The van der Waals surface area contributed by atoms with Crippen molar-refractivity contribution in [3.63, 3.8) is 0 Å². The summed E-state index contributed by atoms with van der Waals surface area (Å²) in [6.07, 6.45) is 2.98. The maximum atomic E-state index is 13.1. The Morgan fingerprint density at radius 3 is 2.50 bits per heavy atom. The molecule has 0 aromatic heterocycles. The Labute approximate surface area is 163 Å². The van der Waals surface area contributed by atoms with E-state index in [9.17, 15) is 9.59 Å². The minimum absolute atomic E-state index is 0. The largest absolute Gasteiger partial charge is 0.339 e. The van der Waals surface area contributed by atoms with Gasteiger partial charge in [0.1, 0.15) is 0 Å². The summed E-state index contributed by atoms with van der Waals surface area (Å²) in [5.41, 5.74) is 6.75. The Morgan fingerprint density at radius 1 is 1.27 bits per heavy atom. The van der Waals surface area contributed by atoms with Gasteiger partial charge in [0.25, 0.3) is 0 Å². The van der Waals surface area contributed by atoms with Crippen molar-refractivity contribution in [1.82, 2.24) is 9.80 Å². The van der Waals surface area contributed by atoms with Crippen LogP contribution < -0.4 is 5.73 Å². The molecule has 1 heterocycles. The zero-order chi connectivity index (χ0) is 18.2. The Balaban J connectivity index is 0.00000338. The van der Waals surface area contributed by atoms with Crippen molar-refractivity contribution in [2.24, 2.45) is 11.7 Å². The molecule has 2 amide bonds. The van der Waals surface area contributed by atoms with Gasteiger partial charge in [0.2, 0.25) is 11.8 Å². The van der Waals surface area contributed by atoms with Crippen LogP contribution in [0.4, 0.5) is 0 Å². The molecule has 1 aromatic carbocycles. The highest BCUT2D eigenvalue weighted by Crippen LogP contribution is 2.25. The number of nitrogens with zero attached hydrogens (tertiary/aromatic N) is 2. The molecule has 0 spiro atoms. The minimum Gasteiger partial charge on any atom is -0.339 e. The molecule has 1 fully saturated rings. The van der Waals surface area contributed by atoms with Crippen molar-refractivity contribution < 1.29 is 9.59 Å². The fraction of sp³-hybridized carbons (Fsp3) is 0.600. The molecule has 0 aliphatic carbocycles. The molecule has 1 atom stereocenters. The van der Waals surface area contributed by atoms with Crippen LogP contribution in [0.1, 0.15) is 45.1 Å². The predicted octanol–water partition coefficient (Wildman–Crippen LogP) is 2.82. The van der Waals surface area contributed by atoms with Crippen LogP contribution >= 0.6 is 12.4 Å². The van der Waals surface area contributed by atoms with Gasteiger partial charge in [0, 0.05) is 32.1 Å². The van der Waals surface area contributed by atoms with E-state index in [1.54, 1.807) is 0 Å². The van der Waals surface area contributed by atoms with E-state index < -0.39 is 0 Å². The summed E-state index contributed by atoms with van der Waals surface area (Å²) >= 11 is 0. The number of benzene rings is 1. The molecule has 0 bridgehead atoms. The van der Waals surface area contributed by atoms with E-state index in [0.717, 1.165) is 24.8 Å². The second kappa shape index (κ2) is 11.2. The maximum absolute atomic E-state index is 13.1. The fourth-order valence-electron chi connectivity index (χ4n) is 3.59. The Hall–Kier alpha value is -1.59. The first-order valence-electron chi connectivity index (χ1n) is 9.42. The van der Waals surface area contributed by atoms with Gasteiger partial charge < -0.3 is 15.5 Å². The van der Waals surface area contributed by atoms with E-state index in [2.05, 4.69) is 13.8 Å². The molecular weight excluding hydrogens is 350 g/mol. The number of rotatable bonds is 9. The van der Waals surface area contributed by atoms with E-state index >= 15 is 0 Å². The smallest absolute Gasteiger partial charge is 0.228 e. The van der Waals surface area contributed by atoms with Crippen molar-refractivity contribution in [3.8, 4) is 0 Å². The Morgan fingerprint density at radius 2 is 1.92 bits per heavy atom. The second-order valence-corrected chi connectivity index (χ2v) is 6.81. The van der Waals surface area contributed by atoms with Gasteiger partial charge in [-0.15, -0.1) is 12.4 Å². The van der Waals surface area contributed by atoms with Crippen molar-refractivity contribution in [1.29, 1.82) is 0 Å². The molecule has 1 aliphatic rings. The predicted molar refractivity (Wildman–Crippen MR) is 107 cm³/mol. The standard InChI is InChI=1S/C20H31N3O2.ClH/c1-3-18(4-2)23-15-17(13-19(23)24)20(25)22(12-8-11-21)14-16-9-6-5-7-10-16;/h5-7,9-10,17-18H,3-4,8,11-15,21H2,1-2H3;1H. The fourth-order valence-corrected chi connectivity index (χ4v) is 3.59. The first-order chi connectivity index (χ1) is 12.1. The highest BCUT2D eigenvalue weighted by atomic mass is 35.5. The van der Waals surface area contributed by atoms with Gasteiger partial charge in [-0.3, -0.25) is 9.59 Å². The Bertz CT molecular complexity index is 563. The molecule has 2 N–H and O–H groups in total. The number of carbonyl (C=O) groups excluding carboxylic acids is 2. The molecular formula is C20H32ClN3O2. The van der Waals surface area contributed by atoms with Gasteiger partial charge in [-0.05, 0) is 31.4 Å². The molecule has 1 saturated heterocycles. The minimum atomic E-state index is -0.227. The number of carbonyl (C=O) groups is 2. The van der Waals surface area contributed by atoms with E-state index in [4.69, 9.17) is 5.73 Å². The van der Waals surface area contributed by atoms with Crippen LogP contribution in [0.5, 0.6) is 0 Å². The first kappa shape index (κ1) is 22.5. The SMILES string of the molecule is CCC(CC)N1CC(C(=O)N(CCCN)Cc2ccccc2)CC1=O.Cl. The molecule has 5 nitrogen and oxygen atoms in total. The molecule has 1 aliphatic heterocycles. The zero-order valence-corrected chi connectivity index (χ0v) is 16.7. The van der Waals surface area contributed by atoms with Crippen LogP contribution in [0, 0.1) is 5.92 Å². The normalized spacial score (nSPS) is 16.7. The first-order valence-corrected chi connectivity index (χ1v) is 9.42. The molecule has 1 unspecified atom stereocenters. The lowest BCUT2D eigenvalue weighted by Crippen LogP contribution is -2.40. The van der Waals surface area contributed by atoms with Gasteiger partial charge in [0.15, 0.2) is 0 Å². The number of hydrogen-bond donors (Lipinski definition) is 1. The third-order valence-electron chi connectivity index (χ3n) is 5.05. The second-order valence-electron chi connectivity index (χ2n) is 6.81. The Kier molecular flexibility index (Phi) is 9.66. The quantitative estimate of drug-likeness (QED) is 0.715. The molecule has 1 aromatic rings. The lowest BCUT2D eigenvalue weighted by Gasteiger charge is -2.28. The van der Waals surface area contributed by atoms with Crippen LogP contribution in [-0.2, 0) is 16.1 Å². The third-order valence-corrected chi connectivity index (χ3v) is 5.05. The molecule has 0 saturated carbocycles. The number of likely N-dealkylation sites (tertiary alicyclic amines) is 1. The molecule has 2 rings (SSSR count). The van der Waals surface area contributed by atoms with Crippen molar-refractivity contribution >= 4 is 24.2 Å². The molecule has 6 heteroatoms. The van der Waals surface area contributed by atoms with Gasteiger partial charge >= 0.3 is 0 Å². The summed E-state index contributed by atoms with van der Waals surface area (Å²) in [6, 6.07) is 10.2. The highest BCUT2D eigenvalue weighted by molar-refractivity contribution is 5.89. The summed E-state index contributed by atoms with van der Waals surface area (Å²) in [5, 5.41) is 0. The summed E-state index contributed by atoms with van der Waals surface area (Å²) in [5.74, 6) is -0.0285. The molecule has 26 heavy (non-hydrogen) atoms. The summed E-state index contributed by atoms with van der Waals surface area (Å²) < 4.78 is 0. The molecule has 0 radical (unpaired) electrons. The van der Waals surface area contributed by atoms with Crippen LogP contribution in [0.3, 0.4) is 0 Å². The van der Waals surface area contributed by atoms with Gasteiger partial charge in [-0.2, -0.15) is 0 Å².